The number of nitrogens with one attached hydrogen (secondary N) is 1. The Balaban J connectivity index is 2.15. The summed E-state index contributed by atoms with van der Waals surface area (Å²) in [5, 5.41) is 2.89. The SMILES string of the molecule is CC(C)(C)C(=O)OCOC(=O)C1=CC=C(Cl)C(=S(=O)=O)C1NCc1ccco1. The Labute approximate surface area is 168 Å². The minimum absolute atomic E-state index is 0.00182. The normalized spacial score (nSPS) is 16.9. The summed E-state index contributed by atoms with van der Waals surface area (Å²) in [7, 11) is -2.68. The lowest BCUT2D eigenvalue weighted by molar-refractivity contribution is -0.171. The largest absolute Gasteiger partial charge is 0.468 e. The first-order chi connectivity index (χ1) is 13.1. The van der Waals surface area contributed by atoms with E-state index in [1.54, 1.807) is 32.9 Å². The lowest BCUT2D eigenvalue weighted by Gasteiger charge is -2.23. The van der Waals surface area contributed by atoms with Gasteiger partial charge in [0, 0.05) is 0 Å². The van der Waals surface area contributed by atoms with Gasteiger partial charge in [0.1, 0.15) is 10.6 Å². The molecule has 1 aromatic rings. The highest BCUT2D eigenvalue weighted by atomic mass is 35.5. The summed E-state index contributed by atoms with van der Waals surface area (Å²) in [5.74, 6) is -0.850. The van der Waals surface area contributed by atoms with Gasteiger partial charge in [-0.2, -0.15) is 8.42 Å². The Bertz CT molecular complexity index is 929. The monoisotopic (exact) mass is 429 g/mol. The molecule has 8 nitrogen and oxygen atoms in total. The molecule has 1 atom stereocenters. The van der Waals surface area contributed by atoms with E-state index in [4.69, 9.17) is 25.5 Å². The topological polar surface area (TPSA) is 112 Å². The second-order valence-electron chi connectivity index (χ2n) is 6.86. The van der Waals surface area contributed by atoms with E-state index in [0.717, 1.165) is 0 Å². The fourth-order valence-corrected chi connectivity index (χ4v) is 3.23. The molecule has 0 aliphatic heterocycles. The zero-order valence-electron chi connectivity index (χ0n) is 15.5. The van der Waals surface area contributed by atoms with Crippen LogP contribution in [0, 0.1) is 5.41 Å². The summed E-state index contributed by atoms with van der Waals surface area (Å²) in [4.78, 5) is 24.0. The number of hydrogen-bond donors (Lipinski definition) is 1. The molecule has 0 spiro atoms. The van der Waals surface area contributed by atoms with E-state index in [1.807, 2.05) is 0 Å². The van der Waals surface area contributed by atoms with Crippen molar-refractivity contribution in [2.45, 2.75) is 33.4 Å². The van der Waals surface area contributed by atoms with E-state index in [-0.39, 0.29) is 22.0 Å². The van der Waals surface area contributed by atoms with Crippen molar-refractivity contribution in [2.24, 2.45) is 5.41 Å². The van der Waals surface area contributed by atoms with Crippen molar-refractivity contribution < 1.29 is 31.9 Å². The number of hydrogen-bond acceptors (Lipinski definition) is 8. The quantitative estimate of drug-likeness (QED) is 0.415. The smallest absolute Gasteiger partial charge is 0.338 e. The third-order valence-corrected chi connectivity index (χ3v) is 4.94. The summed E-state index contributed by atoms with van der Waals surface area (Å²) in [6.45, 7) is 4.53. The number of carbonyl (C=O) groups is 2. The molecule has 10 heteroatoms. The second kappa shape index (κ2) is 9.22. The zero-order valence-corrected chi connectivity index (χ0v) is 17.1. The molecule has 0 fully saturated rings. The van der Waals surface area contributed by atoms with E-state index >= 15 is 0 Å². The Morgan fingerprint density at radius 2 is 1.96 bits per heavy atom. The molecule has 1 aromatic heterocycles. The van der Waals surface area contributed by atoms with Crippen LogP contribution in [0.25, 0.3) is 0 Å². The van der Waals surface area contributed by atoms with Gasteiger partial charge in [-0.05, 0) is 45.1 Å². The maximum Gasteiger partial charge on any atom is 0.338 e. The molecule has 0 aromatic carbocycles. The van der Waals surface area contributed by atoms with E-state index in [1.165, 1.54) is 18.4 Å². The lowest BCUT2D eigenvalue weighted by Crippen LogP contribution is -2.43. The standard InChI is InChI=1S/C18H20ClNO7S/c1-18(2,3)17(22)27-10-26-16(21)12-6-7-13(19)15(28(23)24)14(12)20-9-11-5-4-8-25-11/h4-8,14,20H,9-10H2,1-3H3. The fourth-order valence-electron chi connectivity index (χ4n) is 2.24. The minimum atomic E-state index is -2.68. The van der Waals surface area contributed by atoms with Crippen molar-refractivity contribution in [3.63, 3.8) is 0 Å². The average Bonchev–Trinajstić information content (AvgIpc) is 3.11. The number of carbonyl (C=O) groups excluding carboxylic acids is 2. The van der Waals surface area contributed by atoms with Crippen LogP contribution in [0.3, 0.4) is 0 Å². The molecule has 0 radical (unpaired) electrons. The molecule has 0 bridgehead atoms. The van der Waals surface area contributed by atoms with E-state index < -0.39 is 40.5 Å². The molecule has 1 unspecified atom stereocenters. The molecule has 0 saturated heterocycles. The first kappa shape index (κ1) is 21.9. The summed E-state index contributed by atoms with van der Waals surface area (Å²) in [6.07, 6.45) is 4.11. The van der Waals surface area contributed by atoms with Crippen LogP contribution < -0.4 is 5.32 Å². The Morgan fingerprint density at radius 1 is 1.25 bits per heavy atom. The highest BCUT2D eigenvalue weighted by Gasteiger charge is 2.32. The predicted octanol–water partition coefficient (Wildman–Crippen LogP) is 1.94. The van der Waals surface area contributed by atoms with Crippen molar-refractivity contribution in [2.75, 3.05) is 6.79 Å². The minimum Gasteiger partial charge on any atom is -0.468 e. The lowest BCUT2D eigenvalue weighted by atomic mass is 9.97. The Kier molecular flexibility index (Phi) is 7.22. The van der Waals surface area contributed by atoms with Gasteiger partial charge in [0.15, 0.2) is 0 Å². The van der Waals surface area contributed by atoms with E-state index in [2.05, 4.69) is 5.32 Å². The highest BCUT2D eigenvalue weighted by Crippen LogP contribution is 2.22. The summed E-state index contributed by atoms with van der Waals surface area (Å²) in [5.41, 5.74) is -0.748. The third-order valence-electron chi connectivity index (χ3n) is 3.69. The molecular weight excluding hydrogens is 410 g/mol. The van der Waals surface area contributed by atoms with Crippen molar-refractivity contribution in [1.29, 1.82) is 0 Å². The van der Waals surface area contributed by atoms with Gasteiger partial charge < -0.3 is 13.9 Å². The summed E-state index contributed by atoms with van der Waals surface area (Å²) in [6, 6.07) is 2.32. The maximum absolute atomic E-state index is 12.4. The van der Waals surface area contributed by atoms with Crippen LogP contribution in [-0.2, 0) is 35.9 Å². The van der Waals surface area contributed by atoms with Crippen LogP contribution in [0.4, 0.5) is 0 Å². The van der Waals surface area contributed by atoms with Gasteiger partial charge in [-0.15, -0.1) is 0 Å². The van der Waals surface area contributed by atoms with Gasteiger partial charge in [-0.1, -0.05) is 11.6 Å². The van der Waals surface area contributed by atoms with Crippen molar-refractivity contribution in [3.8, 4) is 0 Å². The zero-order chi connectivity index (χ0) is 20.9. The van der Waals surface area contributed by atoms with Gasteiger partial charge in [0.2, 0.25) is 17.1 Å². The molecular formula is C18H20ClNO7S. The number of furan rings is 1. The molecule has 1 aliphatic rings. The second-order valence-corrected chi connectivity index (χ2v) is 8.18. The van der Waals surface area contributed by atoms with Gasteiger partial charge in [-0.25, -0.2) is 4.79 Å². The number of halogens is 1. The van der Waals surface area contributed by atoms with Crippen molar-refractivity contribution in [3.05, 3.63) is 46.9 Å². The van der Waals surface area contributed by atoms with Crippen LogP contribution in [0.15, 0.2) is 45.6 Å². The number of allylic oxidation sites excluding steroid dienone is 2. The summed E-state index contributed by atoms with van der Waals surface area (Å²) >= 11 is 6.00. The van der Waals surface area contributed by atoms with Gasteiger partial charge in [0.05, 0.1) is 34.9 Å². The third kappa shape index (κ3) is 5.57. The molecule has 1 N–H and O–H groups in total. The maximum atomic E-state index is 12.4. The average molecular weight is 430 g/mol. The van der Waals surface area contributed by atoms with Crippen LogP contribution in [0.1, 0.15) is 26.5 Å². The first-order valence-electron chi connectivity index (χ1n) is 8.25. The van der Waals surface area contributed by atoms with Crippen LogP contribution in [-0.4, -0.2) is 38.1 Å². The van der Waals surface area contributed by atoms with Crippen LogP contribution in [0.5, 0.6) is 0 Å². The molecule has 1 heterocycles. The van der Waals surface area contributed by atoms with Gasteiger partial charge in [-0.3, -0.25) is 10.1 Å². The Morgan fingerprint density at radius 3 is 2.54 bits per heavy atom. The number of rotatable bonds is 6. The van der Waals surface area contributed by atoms with Crippen LogP contribution >= 0.6 is 11.6 Å². The fraction of sp³-hybridized carbons (Fsp3) is 0.389. The van der Waals surface area contributed by atoms with Crippen LogP contribution in [0.2, 0.25) is 0 Å². The summed E-state index contributed by atoms with van der Waals surface area (Å²) < 4.78 is 38.4. The molecule has 152 valence electrons. The molecule has 28 heavy (non-hydrogen) atoms. The van der Waals surface area contributed by atoms with Gasteiger partial charge >= 0.3 is 11.9 Å². The van der Waals surface area contributed by atoms with E-state index in [9.17, 15) is 18.0 Å². The number of esters is 2. The van der Waals surface area contributed by atoms with Crippen molar-refractivity contribution in [1.82, 2.24) is 5.32 Å². The van der Waals surface area contributed by atoms with E-state index in [0.29, 0.717) is 5.76 Å². The predicted molar refractivity (Wildman–Crippen MR) is 102 cm³/mol. The number of ether oxygens (including phenoxy) is 2. The molecule has 0 saturated carbocycles. The van der Waals surface area contributed by atoms with Crippen molar-refractivity contribution >= 4 is 38.7 Å². The molecule has 0 amide bonds. The first-order valence-corrected chi connectivity index (χ1v) is 9.70. The molecule has 1 aliphatic carbocycles. The Hall–Kier alpha value is -2.36. The highest BCUT2D eigenvalue weighted by molar-refractivity contribution is 7.73. The molecule has 2 rings (SSSR count). The van der Waals surface area contributed by atoms with Gasteiger partial charge in [0.25, 0.3) is 0 Å².